The highest BCUT2D eigenvalue weighted by molar-refractivity contribution is 5.83. The first-order chi connectivity index (χ1) is 16.7. The second-order valence-electron chi connectivity index (χ2n) is 14.9. The van der Waals surface area contributed by atoms with E-state index in [2.05, 4.69) is 20.8 Å². The number of carbonyl (C=O) groups is 2. The number of carboxylic acid groups (broad SMARTS) is 1. The molecule has 6 nitrogen and oxygen atoms in total. The fraction of sp³-hybridized carbons (Fsp3) is 0.933. The lowest BCUT2D eigenvalue weighted by Crippen LogP contribution is -2.62. The molecule has 204 valence electrons. The van der Waals surface area contributed by atoms with E-state index < -0.39 is 29.0 Å². The van der Waals surface area contributed by atoms with Crippen LogP contribution in [0.4, 0.5) is 0 Å². The molecule has 4 N–H and O–H groups in total. The molecule has 0 saturated heterocycles. The van der Waals surface area contributed by atoms with Gasteiger partial charge in [-0.2, -0.15) is 0 Å². The highest BCUT2D eigenvalue weighted by atomic mass is 16.4. The van der Waals surface area contributed by atoms with Gasteiger partial charge in [-0.1, -0.05) is 27.7 Å². The monoisotopic (exact) mass is 504 g/mol. The summed E-state index contributed by atoms with van der Waals surface area (Å²) >= 11 is 0. The van der Waals surface area contributed by atoms with Crippen LogP contribution in [0.15, 0.2) is 0 Å². The lowest BCUT2D eigenvalue weighted by Gasteiger charge is -2.63. The van der Waals surface area contributed by atoms with Crippen LogP contribution in [-0.4, -0.2) is 51.0 Å². The average molecular weight is 505 g/mol. The number of hydrogen-bond donors (Lipinski definition) is 4. The number of Topliss-reactive ketones (excluding diaryl/α,β-unsaturated/α-hetero) is 1. The third-order valence-corrected chi connectivity index (χ3v) is 13.5. The summed E-state index contributed by atoms with van der Waals surface area (Å²) in [5, 5.41) is 42.3. The Morgan fingerprint density at radius 3 is 2.11 bits per heavy atom. The van der Waals surface area contributed by atoms with Gasteiger partial charge in [-0.15, -0.1) is 0 Å². The molecule has 0 radical (unpaired) electrons. The molecule has 6 heteroatoms. The molecule has 5 fully saturated rings. The van der Waals surface area contributed by atoms with Gasteiger partial charge in [0.05, 0.1) is 24.2 Å². The van der Waals surface area contributed by atoms with Crippen molar-refractivity contribution in [3.05, 3.63) is 0 Å². The molecule has 0 amide bonds. The topological polar surface area (TPSA) is 115 Å². The van der Waals surface area contributed by atoms with Crippen molar-refractivity contribution < 1.29 is 30.0 Å². The maximum atomic E-state index is 13.8. The molecule has 5 aliphatic rings. The number of carbonyl (C=O) groups excluding carboxylic acids is 1. The second kappa shape index (κ2) is 8.26. The van der Waals surface area contributed by atoms with E-state index in [4.69, 9.17) is 0 Å². The molecule has 0 heterocycles. The fourth-order valence-electron chi connectivity index (χ4n) is 11.3. The van der Waals surface area contributed by atoms with Crippen molar-refractivity contribution in [1.82, 2.24) is 0 Å². The molecule has 0 spiro atoms. The van der Waals surface area contributed by atoms with Crippen molar-refractivity contribution in [2.75, 3.05) is 6.61 Å². The van der Waals surface area contributed by atoms with Crippen LogP contribution in [-0.2, 0) is 9.59 Å². The Morgan fingerprint density at radius 2 is 1.47 bits per heavy atom. The van der Waals surface area contributed by atoms with Gasteiger partial charge >= 0.3 is 5.97 Å². The van der Waals surface area contributed by atoms with Crippen LogP contribution in [0, 0.1) is 56.7 Å². The molecule has 12 atom stereocenters. The Balaban J connectivity index is 1.53. The summed E-state index contributed by atoms with van der Waals surface area (Å²) in [6.07, 6.45) is 6.38. The zero-order valence-corrected chi connectivity index (χ0v) is 22.9. The maximum absolute atomic E-state index is 13.8. The largest absolute Gasteiger partial charge is 0.481 e. The Hall–Kier alpha value is -0.980. The third-order valence-electron chi connectivity index (χ3n) is 13.5. The van der Waals surface area contributed by atoms with Crippen molar-refractivity contribution in [3.8, 4) is 0 Å². The smallest absolute Gasteiger partial charge is 0.312 e. The number of aliphatic hydroxyl groups is 3. The van der Waals surface area contributed by atoms with E-state index in [-0.39, 0.29) is 46.5 Å². The highest BCUT2D eigenvalue weighted by Crippen LogP contribution is 2.70. The fourth-order valence-corrected chi connectivity index (χ4v) is 11.3. The van der Waals surface area contributed by atoms with E-state index in [1.165, 1.54) is 0 Å². The molecule has 0 bridgehead atoms. The molecule has 5 aliphatic carbocycles. The van der Waals surface area contributed by atoms with E-state index >= 15 is 0 Å². The minimum absolute atomic E-state index is 0.000348. The molecule has 36 heavy (non-hydrogen) atoms. The molecular weight excluding hydrogens is 456 g/mol. The van der Waals surface area contributed by atoms with Crippen LogP contribution < -0.4 is 0 Å². The van der Waals surface area contributed by atoms with Crippen molar-refractivity contribution >= 4 is 11.8 Å². The zero-order valence-electron chi connectivity index (χ0n) is 22.9. The van der Waals surface area contributed by atoms with Gasteiger partial charge in [0.15, 0.2) is 0 Å². The van der Waals surface area contributed by atoms with Crippen LogP contribution in [0.1, 0.15) is 98.8 Å². The number of ketones is 1. The summed E-state index contributed by atoms with van der Waals surface area (Å²) in [5.74, 6) is -0.138. The summed E-state index contributed by atoms with van der Waals surface area (Å²) in [5.41, 5.74) is -2.10. The van der Waals surface area contributed by atoms with Crippen LogP contribution in [0.5, 0.6) is 0 Å². The van der Waals surface area contributed by atoms with Crippen molar-refractivity contribution in [3.63, 3.8) is 0 Å². The predicted octanol–water partition coefficient (Wildman–Crippen LogP) is 4.44. The summed E-state index contributed by atoms with van der Waals surface area (Å²) in [6.45, 7) is 10.6. The lowest BCUT2D eigenvalue weighted by atomic mass is 9.41. The zero-order chi connectivity index (χ0) is 26.5. The highest BCUT2D eigenvalue weighted by Gasteiger charge is 2.67. The normalized spacial score (nSPS) is 57.0. The summed E-state index contributed by atoms with van der Waals surface area (Å²) in [6, 6.07) is 0. The maximum Gasteiger partial charge on any atom is 0.312 e. The third kappa shape index (κ3) is 3.25. The van der Waals surface area contributed by atoms with Gasteiger partial charge in [-0.3, -0.25) is 9.59 Å². The Kier molecular flexibility index (Phi) is 6.11. The van der Waals surface area contributed by atoms with Gasteiger partial charge in [-0.05, 0) is 105 Å². The Morgan fingerprint density at radius 1 is 0.833 bits per heavy atom. The molecule has 5 saturated carbocycles. The minimum atomic E-state index is -1.14. The molecule has 0 aromatic rings. The van der Waals surface area contributed by atoms with E-state index in [1.807, 2.05) is 6.92 Å². The molecule has 5 rings (SSSR count). The number of aliphatic carboxylic acids is 1. The first kappa shape index (κ1) is 26.6. The number of aliphatic hydroxyl groups excluding tert-OH is 3. The SMILES string of the molecule is C[C@@]12CC[C@@H]3[C@](C)(CC[C@@H](O)[C@]3(C)C(=O)O)[C@H]1CC[C@H]1[C@H](C2)C(=O)C[C@H]2[C@](C)(CO)[C@@H](O)CC[C@@]21C. The van der Waals surface area contributed by atoms with Gasteiger partial charge in [0.25, 0.3) is 0 Å². The molecule has 0 aliphatic heterocycles. The standard InChI is InChI=1S/C30H48O6/c1-26-11-8-21-28(3,13-10-24(34)30(21,5)25(35)36)20(26)7-6-18-17(15-26)19(32)14-22-27(18,2)12-9-23(33)29(22,4)16-31/h17-18,20-24,31,33-34H,6-16H2,1-5H3,(H,35,36)/t17-,18-,20-,21+,22+,23-,24+,26-,27+,28+,29-,30+/m0/s1. The van der Waals surface area contributed by atoms with Gasteiger partial charge in [0, 0.05) is 17.8 Å². The van der Waals surface area contributed by atoms with Gasteiger partial charge in [-0.25, -0.2) is 0 Å². The number of hydrogen-bond acceptors (Lipinski definition) is 5. The first-order valence-electron chi connectivity index (χ1n) is 14.4. The van der Waals surface area contributed by atoms with Crippen molar-refractivity contribution in [2.24, 2.45) is 56.7 Å². The molecule has 0 unspecified atom stereocenters. The van der Waals surface area contributed by atoms with Crippen LogP contribution >= 0.6 is 0 Å². The van der Waals surface area contributed by atoms with E-state index in [9.17, 15) is 30.0 Å². The van der Waals surface area contributed by atoms with Gasteiger partial charge in [0.1, 0.15) is 5.78 Å². The number of carboxylic acids is 1. The Bertz CT molecular complexity index is 934. The molecule has 0 aromatic heterocycles. The average Bonchev–Trinajstić information content (AvgIpc) is 2.99. The van der Waals surface area contributed by atoms with E-state index in [0.29, 0.717) is 31.0 Å². The number of rotatable bonds is 2. The first-order valence-corrected chi connectivity index (χ1v) is 14.4. The van der Waals surface area contributed by atoms with Crippen molar-refractivity contribution in [2.45, 2.75) is 111 Å². The van der Waals surface area contributed by atoms with Gasteiger partial charge in [0.2, 0.25) is 0 Å². The summed E-state index contributed by atoms with van der Waals surface area (Å²) < 4.78 is 0. The van der Waals surface area contributed by atoms with Gasteiger partial charge < -0.3 is 20.4 Å². The van der Waals surface area contributed by atoms with Crippen LogP contribution in [0.2, 0.25) is 0 Å². The van der Waals surface area contributed by atoms with Crippen LogP contribution in [0.25, 0.3) is 0 Å². The second-order valence-corrected chi connectivity index (χ2v) is 14.9. The minimum Gasteiger partial charge on any atom is -0.481 e. The lowest BCUT2D eigenvalue weighted by molar-refractivity contribution is -0.200. The number of fused-ring (bicyclic) bond motifs is 6. The molecular formula is C30H48O6. The Labute approximate surface area is 216 Å². The van der Waals surface area contributed by atoms with E-state index in [1.54, 1.807) is 6.92 Å². The molecule has 0 aromatic carbocycles. The quantitative estimate of drug-likeness (QED) is 0.442. The van der Waals surface area contributed by atoms with Crippen molar-refractivity contribution in [1.29, 1.82) is 0 Å². The predicted molar refractivity (Wildman–Crippen MR) is 136 cm³/mol. The summed E-state index contributed by atoms with van der Waals surface area (Å²) in [7, 11) is 0. The van der Waals surface area contributed by atoms with E-state index in [0.717, 1.165) is 44.9 Å². The van der Waals surface area contributed by atoms with Crippen LogP contribution in [0.3, 0.4) is 0 Å². The summed E-state index contributed by atoms with van der Waals surface area (Å²) in [4.78, 5) is 26.3.